The molecular formula is C23H24N4O3S. The molecule has 8 heteroatoms. The van der Waals surface area contributed by atoms with Gasteiger partial charge in [0.1, 0.15) is 10.8 Å². The van der Waals surface area contributed by atoms with Crippen molar-refractivity contribution >= 4 is 23.4 Å². The van der Waals surface area contributed by atoms with Crippen molar-refractivity contribution in [1.82, 2.24) is 14.5 Å². The molecule has 3 aromatic rings. The first-order valence-electron chi connectivity index (χ1n) is 10.2. The molecule has 0 unspecified atom stereocenters. The van der Waals surface area contributed by atoms with Crippen molar-refractivity contribution in [3.05, 3.63) is 76.1 Å². The van der Waals surface area contributed by atoms with Crippen molar-refractivity contribution in [2.24, 2.45) is 0 Å². The van der Waals surface area contributed by atoms with E-state index >= 15 is 0 Å². The molecule has 1 N–H and O–H groups in total. The van der Waals surface area contributed by atoms with Crippen LogP contribution in [0.2, 0.25) is 0 Å². The Kier molecular flexibility index (Phi) is 6.66. The molecule has 4 rings (SSSR count). The number of aromatic nitrogens is 3. The van der Waals surface area contributed by atoms with Gasteiger partial charge in [-0.3, -0.25) is 14.3 Å². The Labute approximate surface area is 184 Å². The Morgan fingerprint density at radius 1 is 1.19 bits per heavy atom. The number of nitrogens with zero attached hydrogens (tertiary/aromatic N) is 3. The molecule has 0 spiro atoms. The second-order valence-electron chi connectivity index (χ2n) is 7.31. The van der Waals surface area contributed by atoms with Gasteiger partial charge in [-0.25, -0.2) is 4.79 Å². The maximum absolute atomic E-state index is 12.8. The number of carbonyl (C=O) groups is 1. The van der Waals surface area contributed by atoms with Gasteiger partial charge in [0, 0.05) is 29.2 Å². The van der Waals surface area contributed by atoms with Crippen LogP contribution in [0.15, 0.2) is 58.5 Å². The summed E-state index contributed by atoms with van der Waals surface area (Å²) in [6.45, 7) is 0.413. The lowest BCUT2D eigenvalue weighted by Crippen LogP contribution is -2.31. The summed E-state index contributed by atoms with van der Waals surface area (Å²) in [5, 5.41) is 3.53. The van der Waals surface area contributed by atoms with Crippen LogP contribution in [0.1, 0.15) is 29.8 Å². The van der Waals surface area contributed by atoms with E-state index in [-0.39, 0.29) is 17.3 Å². The Balaban J connectivity index is 1.51. The largest absolute Gasteiger partial charge is 0.497 e. The van der Waals surface area contributed by atoms with Gasteiger partial charge in [-0.2, -0.15) is 4.98 Å². The monoisotopic (exact) mass is 436 g/mol. The Morgan fingerprint density at radius 3 is 2.87 bits per heavy atom. The molecule has 0 radical (unpaired) electrons. The molecule has 2 heterocycles. The average molecular weight is 437 g/mol. The minimum Gasteiger partial charge on any atom is -0.497 e. The van der Waals surface area contributed by atoms with Crippen molar-refractivity contribution in [3.63, 3.8) is 0 Å². The number of carbonyl (C=O) groups excluding carboxylic acids is 1. The molecule has 0 saturated carbocycles. The zero-order valence-electron chi connectivity index (χ0n) is 17.3. The molecule has 1 amide bonds. The normalized spacial score (nSPS) is 12.8. The highest BCUT2D eigenvalue weighted by atomic mass is 32.2. The molecule has 1 aromatic carbocycles. The molecule has 0 bridgehead atoms. The number of anilines is 1. The second kappa shape index (κ2) is 9.78. The minimum absolute atomic E-state index is 0.151. The van der Waals surface area contributed by atoms with Crippen LogP contribution in [0.5, 0.6) is 5.75 Å². The van der Waals surface area contributed by atoms with Gasteiger partial charge in [0.2, 0.25) is 5.91 Å². The summed E-state index contributed by atoms with van der Waals surface area (Å²) >= 11 is 1.32. The van der Waals surface area contributed by atoms with E-state index in [4.69, 9.17) is 4.74 Å². The molecule has 1 aliphatic carbocycles. The van der Waals surface area contributed by atoms with Gasteiger partial charge >= 0.3 is 5.69 Å². The first-order valence-corrected chi connectivity index (χ1v) is 11.2. The molecule has 2 aromatic heterocycles. The van der Waals surface area contributed by atoms with Crippen LogP contribution in [0.4, 0.5) is 5.69 Å². The van der Waals surface area contributed by atoms with Gasteiger partial charge in [0.15, 0.2) is 0 Å². The zero-order valence-corrected chi connectivity index (χ0v) is 18.2. The van der Waals surface area contributed by atoms with E-state index in [1.165, 1.54) is 11.8 Å². The van der Waals surface area contributed by atoms with E-state index in [1.54, 1.807) is 23.9 Å². The van der Waals surface area contributed by atoms with Gasteiger partial charge in [-0.15, -0.1) is 0 Å². The SMILES string of the molecule is COc1cccc(NC(=O)CSc2nc(=O)n(Cc3ccccn3)c3c2CCCC3)c1. The number of hydrogen-bond donors (Lipinski definition) is 1. The topological polar surface area (TPSA) is 86.1 Å². The minimum atomic E-state index is -0.290. The molecule has 0 fully saturated rings. The molecule has 0 atom stereocenters. The third-order valence-electron chi connectivity index (χ3n) is 5.19. The molecule has 7 nitrogen and oxygen atoms in total. The van der Waals surface area contributed by atoms with E-state index in [0.717, 1.165) is 42.6 Å². The Hall–Kier alpha value is -3.13. The Bertz CT molecular complexity index is 1130. The molecule has 1 aliphatic rings. The summed E-state index contributed by atoms with van der Waals surface area (Å²) in [5.41, 5.74) is 3.32. The second-order valence-corrected chi connectivity index (χ2v) is 8.27. The van der Waals surface area contributed by atoms with Crippen molar-refractivity contribution in [2.75, 3.05) is 18.2 Å². The number of thioether (sulfide) groups is 1. The summed E-state index contributed by atoms with van der Waals surface area (Å²) < 4.78 is 6.92. The molecule has 0 saturated heterocycles. The van der Waals surface area contributed by atoms with Crippen LogP contribution < -0.4 is 15.7 Å². The highest BCUT2D eigenvalue weighted by Gasteiger charge is 2.21. The number of benzene rings is 1. The molecular weight excluding hydrogens is 412 g/mol. The summed E-state index contributed by atoms with van der Waals surface area (Å²) in [6.07, 6.45) is 5.53. The van der Waals surface area contributed by atoms with Gasteiger partial charge in [-0.05, 0) is 49.9 Å². The standard InChI is InChI=1S/C23H24N4O3S/c1-30-18-9-6-8-16(13-18)25-21(28)15-31-22-19-10-2-3-11-20(19)27(23(29)26-22)14-17-7-4-5-12-24-17/h4-9,12-13H,2-3,10-11,14-15H2,1H3,(H,25,28). The predicted octanol–water partition coefficient (Wildman–Crippen LogP) is 3.30. The lowest BCUT2D eigenvalue weighted by molar-refractivity contribution is -0.113. The fourth-order valence-corrected chi connectivity index (χ4v) is 4.59. The van der Waals surface area contributed by atoms with Crippen molar-refractivity contribution < 1.29 is 9.53 Å². The number of fused-ring (bicyclic) bond motifs is 1. The first kappa shape index (κ1) is 21.1. The van der Waals surface area contributed by atoms with E-state index < -0.39 is 0 Å². The van der Waals surface area contributed by atoms with E-state index in [1.807, 2.05) is 36.4 Å². The maximum Gasteiger partial charge on any atom is 0.349 e. The fraction of sp³-hybridized carbons (Fsp3) is 0.304. The van der Waals surface area contributed by atoms with Crippen LogP contribution in [0, 0.1) is 0 Å². The predicted molar refractivity (Wildman–Crippen MR) is 121 cm³/mol. The average Bonchev–Trinajstić information content (AvgIpc) is 2.80. The molecule has 0 aliphatic heterocycles. The number of nitrogens with one attached hydrogen (secondary N) is 1. The smallest absolute Gasteiger partial charge is 0.349 e. The molecule has 160 valence electrons. The fourth-order valence-electron chi connectivity index (χ4n) is 3.72. The summed E-state index contributed by atoms with van der Waals surface area (Å²) in [4.78, 5) is 33.9. The van der Waals surface area contributed by atoms with Crippen molar-refractivity contribution in [2.45, 2.75) is 37.3 Å². The highest BCUT2D eigenvalue weighted by Crippen LogP contribution is 2.29. The number of amides is 1. The maximum atomic E-state index is 12.8. The van der Waals surface area contributed by atoms with Gasteiger partial charge in [0.25, 0.3) is 0 Å². The lowest BCUT2D eigenvalue weighted by Gasteiger charge is -2.22. The Morgan fingerprint density at radius 2 is 2.06 bits per heavy atom. The van der Waals surface area contributed by atoms with E-state index in [0.29, 0.717) is 23.0 Å². The summed E-state index contributed by atoms with van der Waals surface area (Å²) in [6, 6.07) is 12.9. The first-order chi connectivity index (χ1) is 15.1. The van der Waals surface area contributed by atoms with Crippen LogP contribution in [-0.4, -0.2) is 33.3 Å². The van der Waals surface area contributed by atoms with E-state index in [2.05, 4.69) is 15.3 Å². The number of ether oxygens (including phenoxy) is 1. The third-order valence-corrected chi connectivity index (χ3v) is 6.21. The third kappa shape index (κ3) is 5.14. The van der Waals surface area contributed by atoms with Crippen LogP contribution in [0.25, 0.3) is 0 Å². The summed E-state index contributed by atoms with van der Waals surface area (Å²) in [5.74, 6) is 0.709. The number of pyridine rings is 1. The zero-order chi connectivity index (χ0) is 21.6. The van der Waals surface area contributed by atoms with Gasteiger partial charge < -0.3 is 10.1 Å². The van der Waals surface area contributed by atoms with Gasteiger partial charge in [-0.1, -0.05) is 23.9 Å². The number of hydrogen-bond acceptors (Lipinski definition) is 6. The number of methoxy groups -OCH3 is 1. The van der Waals surface area contributed by atoms with Crippen LogP contribution in [-0.2, 0) is 24.2 Å². The lowest BCUT2D eigenvalue weighted by atomic mass is 9.97. The van der Waals surface area contributed by atoms with Crippen molar-refractivity contribution in [1.29, 1.82) is 0 Å². The van der Waals surface area contributed by atoms with Gasteiger partial charge in [0.05, 0.1) is 25.1 Å². The quantitative estimate of drug-likeness (QED) is 0.452. The number of rotatable bonds is 7. The molecule has 31 heavy (non-hydrogen) atoms. The van der Waals surface area contributed by atoms with Crippen LogP contribution in [0.3, 0.4) is 0 Å². The summed E-state index contributed by atoms with van der Waals surface area (Å²) in [7, 11) is 1.58. The van der Waals surface area contributed by atoms with Crippen LogP contribution >= 0.6 is 11.8 Å². The highest BCUT2D eigenvalue weighted by molar-refractivity contribution is 8.00. The van der Waals surface area contributed by atoms with Crippen molar-refractivity contribution in [3.8, 4) is 5.75 Å². The van der Waals surface area contributed by atoms with E-state index in [9.17, 15) is 9.59 Å².